The summed E-state index contributed by atoms with van der Waals surface area (Å²) in [5, 5.41) is 11.9. The zero-order valence-corrected chi connectivity index (χ0v) is 10.8. The highest BCUT2D eigenvalue weighted by Crippen LogP contribution is 2.15. The van der Waals surface area contributed by atoms with Gasteiger partial charge >= 0.3 is 0 Å². The van der Waals surface area contributed by atoms with Crippen molar-refractivity contribution in [3.05, 3.63) is 0 Å². The molecule has 0 aliphatic carbocycles. The number of aliphatic hydroxyl groups is 1. The average molecular weight is 244 g/mol. The van der Waals surface area contributed by atoms with Crippen LogP contribution < -0.4 is 5.32 Å². The molecule has 5 heteroatoms. The highest BCUT2D eigenvalue weighted by atomic mass is 16.5. The van der Waals surface area contributed by atoms with Gasteiger partial charge in [-0.05, 0) is 38.8 Å². The fraction of sp³-hybridized carbons (Fsp3) is 0.917. The van der Waals surface area contributed by atoms with Crippen LogP contribution in [0.1, 0.15) is 19.8 Å². The van der Waals surface area contributed by atoms with Crippen LogP contribution in [0.4, 0.5) is 0 Å². The number of nitrogens with zero attached hydrogens (tertiary/aromatic N) is 1. The quantitative estimate of drug-likeness (QED) is 0.682. The lowest BCUT2D eigenvalue weighted by atomic mass is 9.98. The Labute approximate surface area is 103 Å². The maximum atomic E-state index is 11.7. The Morgan fingerprint density at radius 2 is 2.18 bits per heavy atom. The van der Waals surface area contributed by atoms with Crippen LogP contribution in [0.5, 0.6) is 0 Å². The van der Waals surface area contributed by atoms with Crippen LogP contribution >= 0.6 is 0 Å². The van der Waals surface area contributed by atoms with Gasteiger partial charge in [0.2, 0.25) is 5.91 Å². The molecule has 0 spiro atoms. The second-order valence-electron chi connectivity index (χ2n) is 4.83. The molecule has 0 radical (unpaired) electrons. The smallest absolute Gasteiger partial charge is 0.234 e. The van der Waals surface area contributed by atoms with Gasteiger partial charge in [-0.1, -0.05) is 0 Å². The number of rotatable bonds is 6. The number of amides is 1. The maximum absolute atomic E-state index is 11.7. The molecule has 0 aromatic heterocycles. The number of ether oxygens (including phenoxy) is 1. The van der Waals surface area contributed by atoms with E-state index >= 15 is 0 Å². The number of aliphatic hydroxyl groups excluding tert-OH is 1. The summed E-state index contributed by atoms with van der Waals surface area (Å²) in [5.74, 6) is 0.471. The van der Waals surface area contributed by atoms with Crippen molar-refractivity contribution in [1.82, 2.24) is 10.2 Å². The van der Waals surface area contributed by atoms with Gasteiger partial charge in [0.15, 0.2) is 0 Å². The number of piperidine rings is 1. The third kappa shape index (κ3) is 5.48. The van der Waals surface area contributed by atoms with Crippen molar-refractivity contribution in [3.63, 3.8) is 0 Å². The minimum absolute atomic E-state index is 0.0528. The van der Waals surface area contributed by atoms with Crippen LogP contribution in [0.3, 0.4) is 0 Å². The Morgan fingerprint density at radius 1 is 1.53 bits per heavy atom. The Bertz CT molecular complexity index is 228. The van der Waals surface area contributed by atoms with Crippen LogP contribution in [0.15, 0.2) is 0 Å². The van der Waals surface area contributed by atoms with Gasteiger partial charge in [0.1, 0.15) is 0 Å². The van der Waals surface area contributed by atoms with Gasteiger partial charge < -0.3 is 15.2 Å². The van der Waals surface area contributed by atoms with E-state index in [-0.39, 0.29) is 18.6 Å². The Balaban J connectivity index is 2.19. The van der Waals surface area contributed by atoms with Crippen LogP contribution in [-0.2, 0) is 9.53 Å². The normalized spacial score (nSPS) is 20.2. The van der Waals surface area contributed by atoms with E-state index in [0.29, 0.717) is 19.1 Å². The lowest BCUT2D eigenvalue weighted by Gasteiger charge is -2.30. The van der Waals surface area contributed by atoms with E-state index in [1.54, 1.807) is 7.11 Å². The molecule has 17 heavy (non-hydrogen) atoms. The molecule has 5 nitrogen and oxygen atoms in total. The molecule has 0 aromatic carbocycles. The van der Waals surface area contributed by atoms with E-state index in [2.05, 4.69) is 10.2 Å². The highest BCUT2D eigenvalue weighted by molar-refractivity contribution is 5.78. The van der Waals surface area contributed by atoms with Crippen molar-refractivity contribution in [2.75, 3.05) is 40.0 Å². The van der Waals surface area contributed by atoms with Crippen molar-refractivity contribution in [3.8, 4) is 0 Å². The Kier molecular flexibility index (Phi) is 6.47. The molecule has 1 atom stereocenters. The molecule has 1 aliphatic heterocycles. The van der Waals surface area contributed by atoms with Crippen LogP contribution in [0.25, 0.3) is 0 Å². The second-order valence-corrected chi connectivity index (χ2v) is 4.83. The summed E-state index contributed by atoms with van der Waals surface area (Å²) in [5.41, 5.74) is 0. The summed E-state index contributed by atoms with van der Waals surface area (Å²) in [6.45, 7) is 4.99. The van der Waals surface area contributed by atoms with E-state index in [9.17, 15) is 4.79 Å². The van der Waals surface area contributed by atoms with Gasteiger partial charge in [-0.3, -0.25) is 9.69 Å². The summed E-state index contributed by atoms with van der Waals surface area (Å²) in [6, 6.07) is 0.0579. The number of carbonyl (C=O) groups excluding carboxylic acids is 1. The fourth-order valence-corrected chi connectivity index (χ4v) is 2.14. The van der Waals surface area contributed by atoms with Crippen molar-refractivity contribution >= 4 is 5.91 Å². The SMILES string of the molecule is COCC(C)NC(=O)CN1CCC(CO)CC1. The third-order valence-electron chi connectivity index (χ3n) is 3.16. The summed E-state index contributed by atoms with van der Waals surface area (Å²) < 4.78 is 4.97. The molecular formula is C12H24N2O3. The first-order valence-electron chi connectivity index (χ1n) is 6.27. The summed E-state index contributed by atoms with van der Waals surface area (Å²) in [4.78, 5) is 13.8. The molecule has 1 heterocycles. The lowest BCUT2D eigenvalue weighted by molar-refractivity contribution is -0.123. The Hall–Kier alpha value is -0.650. The van der Waals surface area contributed by atoms with Gasteiger partial charge in [-0.25, -0.2) is 0 Å². The van der Waals surface area contributed by atoms with Gasteiger partial charge in [0.25, 0.3) is 0 Å². The van der Waals surface area contributed by atoms with E-state index in [4.69, 9.17) is 9.84 Å². The Morgan fingerprint density at radius 3 is 2.71 bits per heavy atom. The largest absolute Gasteiger partial charge is 0.396 e. The van der Waals surface area contributed by atoms with Gasteiger partial charge in [-0.2, -0.15) is 0 Å². The van der Waals surface area contributed by atoms with Gasteiger partial charge in [0.05, 0.1) is 13.2 Å². The fourth-order valence-electron chi connectivity index (χ4n) is 2.14. The van der Waals surface area contributed by atoms with E-state index in [0.717, 1.165) is 25.9 Å². The molecule has 0 aromatic rings. The van der Waals surface area contributed by atoms with Crippen LogP contribution in [0.2, 0.25) is 0 Å². The average Bonchev–Trinajstić information content (AvgIpc) is 2.30. The molecule has 1 rings (SSSR count). The van der Waals surface area contributed by atoms with E-state index < -0.39 is 0 Å². The zero-order chi connectivity index (χ0) is 12.7. The zero-order valence-electron chi connectivity index (χ0n) is 10.8. The molecule has 2 N–H and O–H groups in total. The molecule has 0 bridgehead atoms. The summed E-state index contributed by atoms with van der Waals surface area (Å²) >= 11 is 0. The molecule has 100 valence electrons. The molecule has 1 aliphatic rings. The van der Waals surface area contributed by atoms with Gasteiger partial charge in [-0.15, -0.1) is 0 Å². The third-order valence-corrected chi connectivity index (χ3v) is 3.16. The number of nitrogens with one attached hydrogen (secondary N) is 1. The monoisotopic (exact) mass is 244 g/mol. The first-order valence-corrected chi connectivity index (χ1v) is 6.27. The summed E-state index contributed by atoms with van der Waals surface area (Å²) in [6.07, 6.45) is 1.97. The molecule has 1 fully saturated rings. The maximum Gasteiger partial charge on any atom is 0.234 e. The first-order chi connectivity index (χ1) is 8.15. The van der Waals surface area contributed by atoms with Crippen LogP contribution in [-0.4, -0.2) is 61.9 Å². The number of likely N-dealkylation sites (tertiary alicyclic amines) is 1. The first kappa shape index (κ1) is 14.4. The highest BCUT2D eigenvalue weighted by Gasteiger charge is 2.20. The summed E-state index contributed by atoms with van der Waals surface area (Å²) in [7, 11) is 1.63. The van der Waals surface area contributed by atoms with E-state index in [1.165, 1.54) is 0 Å². The minimum atomic E-state index is 0.0528. The molecule has 1 saturated heterocycles. The number of hydrogen-bond donors (Lipinski definition) is 2. The number of hydrogen-bond acceptors (Lipinski definition) is 4. The standard InChI is InChI=1S/C12H24N2O3/c1-10(9-17-2)13-12(16)7-14-5-3-11(8-15)4-6-14/h10-11,15H,3-9H2,1-2H3,(H,13,16). The lowest BCUT2D eigenvalue weighted by Crippen LogP contribution is -2.45. The predicted molar refractivity (Wildman–Crippen MR) is 65.7 cm³/mol. The topological polar surface area (TPSA) is 61.8 Å². The van der Waals surface area contributed by atoms with Gasteiger partial charge in [0, 0.05) is 19.8 Å². The predicted octanol–water partition coefficient (Wildman–Crippen LogP) is -0.158. The number of methoxy groups -OCH3 is 1. The molecule has 0 saturated carbocycles. The van der Waals surface area contributed by atoms with Crippen molar-refractivity contribution in [2.45, 2.75) is 25.8 Å². The molecule has 1 amide bonds. The molecule has 1 unspecified atom stereocenters. The van der Waals surface area contributed by atoms with Crippen LogP contribution in [0, 0.1) is 5.92 Å². The second kappa shape index (κ2) is 7.63. The molecular weight excluding hydrogens is 220 g/mol. The van der Waals surface area contributed by atoms with Crippen molar-refractivity contribution in [2.24, 2.45) is 5.92 Å². The van der Waals surface area contributed by atoms with Crippen molar-refractivity contribution in [1.29, 1.82) is 0 Å². The minimum Gasteiger partial charge on any atom is -0.396 e. The number of carbonyl (C=O) groups is 1. The van der Waals surface area contributed by atoms with E-state index in [1.807, 2.05) is 6.92 Å². The van der Waals surface area contributed by atoms with Crippen molar-refractivity contribution < 1.29 is 14.6 Å².